The molecule has 1 aromatic rings. The summed E-state index contributed by atoms with van der Waals surface area (Å²) in [5.74, 6) is 0.901. The lowest BCUT2D eigenvalue weighted by Gasteiger charge is -2.28. The number of benzene rings is 1. The van der Waals surface area contributed by atoms with Crippen LogP contribution in [0.15, 0.2) is 12.1 Å². The molecule has 0 spiro atoms. The van der Waals surface area contributed by atoms with Crippen molar-refractivity contribution < 1.29 is 14.2 Å². The second kappa shape index (κ2) is 8.25. The van der Waals surface area contributed by atoms with E-state index in [0.29, 0.717) is 0 Å². The molecule has 0 bridgehead atoms. The van der Waals surface area contributed by atoms with Crippen molar-refractivity contribution in [2.75, 3.05) is 27.9 Å². The fourth-order valence-corrected chi connectivity index (χ4v) is 2.35. The molecule has 1 aromatic carbocycles. The van der Waals surface area contributed by atoms with Crippen LogP contribution in [0.1, 0.15) is 36.1 Å². The average Bonchev–Trinajstić information content (AvgIpc) is 2.46. The summed E-state index contributed by atoms with van der Waals surface area (Å²) >= 11 is 0. The Bertz CT molecular complexity index is 416. The van der Waals surface area contributed by atoms with Gasteiger partial charge in [0.25, 0.3) is 0 Å². The van der Waals surface area contributed by atoms with Gasteiger partial charge in [-0.2, -0.15) is 0 Å². The second-order valence-corrected chi connectivity index (χ2v) is 4.90. The summed E-state index contributed by atoms with van der Waals surface area (Å²) in [5.41, 5.74) is 3.43. The molecule has 1 unspecified atom stereocenters. The lowest BCUT2D eigenvalue weighted by atomic mass is 9.98. The number of hydrogen-bond acceptors (Lipinski definition) is 4. The molecule has 0 saturated carbocycles. The lowest BCUT2D eigenvalue weighted by molar-refractivity contribution is -0.124. The number of hydrogen-bond donors (Lipinski definition) is 1. The standard InChI is InChI=1S/C16H27NO3/c1-7-10-17-14(16(19-5)20-6)13-9-8-11(2)12(3)15(13)18-4/h8-9,14,16-17H,7,10H2,1-6H3. The molecule has 0 heterocycles. The first-order valence-electron chi connectivity index (χ1n) is 7.03. The molecule has 0 fully saturated rings. The minimum atomic E-state index is -0.349. The zero-order valence-corrected chi connectivity index (χ0v) is 13.4. The van der Waals surface area contributed by atoms with E-state index >= 15 is 0 Å². The monoisotopic (exact) mass is 281 g/mol. The van der Waals surface area contributed by atoms with Gasteiger partial charge in [-0.15, -0.1) is 0 Å². The topological polar surface area (TPSA) is 39.7 Å². The zero-order valence-electron chi connectivity index (χ0n) is 13.4. The summed E-state index contributed by atoms with van der Waals surface area (Å²) in [5, 5.41) is 3.48. The Labute approximate surface area is 122 Å². The van der Waals surface area contributed by atoms with E-state index in [1.54, 1.807) is 21.3 Å². The van der Waals surface area contributed by atoms with Gasteiger partial charge >= 0.3 is 0 Å². The molecule has 0 aliphatic heterocycles. The quantitative estimate of drug-likeness (QED) is 0.744. The van der Waals surface area contributed by atoms with E-state index in [9.17, 15) is 0 Å². The predicted octanol–water partition coefficient (Wildman–Crippen LogP) is 2.97. The Morgan fingerprint density at radius 1 is 1.10 bits per heavy atom. The van der Waals surface area contributed by atoms with Gasteiger partial charge in [0.1, 0.15) is 5.75 Å². The molecule has 0 saturated heterocycles. The second-order valence-electron chi connectivity index (χ2n) is 4.90. The summed E-state index contributed by atoms with van der Waals surface area (Å²) < 4.78 is 16.5. The van der Waals surface area contributed by atoms with Crippen LogP contribution in [0.3, 0.4) is 0 Å². The van der Waals surface area contributed by atoms with E-state index in [0.717, 1.165) is 29.8 Å². The van der Waals surface area contributed by atoms with E-state index in [1.807, 2.05) is 0 Å². The average molecular weight is 281 g/mol. The fourth-order valence-electron chi connectivity index (χ4n) is 2.35. The largest absolute Gasteiger partial charge is 0.496 e. The highest BCUT2D eigenvalue weighted by molar-refractivity contribution is 5.47. The molecule has 1 rings (SSSR count). The SMILES string of the molecule is CCCNC(c1ccc(C)c(C)c1OC)C(OC)OC. The van der Waals surface area contributed by atoms with Crippen LogP contribution in [0.25, 0.3) is 0 Å². The lowest BCUT2D eigenvalue weighted by Crippen LogP contribution is -2.35. The molecule has 0 aliphatic carbocycles. The number of rotatable bonds is 8. The molecule has 20 heavy (non-hydrogen) atoms. The van der Waals surface area contributed by atoms with Crippen molar-refractivity contribution in [1.82, 2.24) is 5.32 Å². The first kappa shape index (κ1) is 17.0. The highest BCUT2D eigenvalue weighted by atomic mass is 16.7. The van der Waals surface area contributed by atoms with Crippen LogP contribution in [0.4, 0.5) is 0 Å². The molecule has 0 aromatic heterocycles. The molecule has 4 heteroatoms. The van der Waals surface area contributed by atoms with Crippen molar-refractivity contribution >= 4 is 0 Å². The minimum absolute atomic E-state index is 0.0563. The van der Waals surface area contributed by atoms with Gasteiger partial charge in [-0.3, -0.25) is 0 Å². The summed E-state index contributed by atoms with van der Waals surface area (Å²) in [6.07, 6.45) is 0.696. The van der Waals surface area contributed by atoms with E-state index in [4.69, 9.17) is 14.2 Å². The molecule has 0 aliphatic rings. The predicted molar refractivity (Wildman–Crippen MR) is 81.3 cm³/mol. The Morgan fingerprint density at radius 3 is 2.25 bits per heavy atom. The highest BCUT2D eigenvalue weighted by Crippen LogP contribution is 2.33. The third-order valence-electron chi connectivity index (χ3n) is 3.60. The Balaban J connectivity index is 3.21. The smallest absolute Gasteiger partial charge is 0.176 e. The summed E-state index contributed by atoms with van der Waals surface area (Å²) in [6.45, 7) is 7.18. The van der Waals surface area contributed by atoms with Gasteiger partial charge in [0, 0.05) is 19.8 Å². The maximum Gasteiger partial charge on any atom is 0.176 e. The van der Waals surface area contributed by atoms with E-state index in [-0.39, 0.29) is 12.3 Å². The Kier molecular flexibility index (Phi) is 6.99. The van der Waals surface area contributed by atoms with Gasteiger partial charge < -0.3 is 19.5 Å². The van der Waals surface area contributed by atoms with Crippen molar-refractivity contribution in [3.05, 3.63) is 28.8 Å². The van der Waals surface area contributed by atoms with Crippen LogP contribution in [0.2, 0.25) is 0 Å². The highest BCUT2D eigenvalue weighted by Gasteiger charge is 2.26. The number of nitrogens with one attached hydrogen (secondary N) is 1. The summed E-state index contributed by atoms with van der Waals surface area (Å²) in [4.78, 5) is 0. The maximum atomic E-state index is 5.61. The molecular weight excluding hydrogens is 254 g/mol. The summed E-state index contributed by atoms with van der Waals surface area (Å²) in [7, 11) is 5.02. The Hall–Kier alpha value is -1.10. The first-order chi connectivity index (χ1) is 9.60. The van der Waals surface area contributed by atoms with Crippen LogP contribution in [-0.2, 0) is 9.47 Å². The van der Waals surface area contributed by atoms with Crippen molar-refractivity contribution in [2.45, 2.75) is 39.5 Å². The molecule has 114 valence electrons. The Morgan fingerprint density at radius 2 is 1.75 bits per heavy atom. The van der Waals surface area contributed by atoms with Crippen LogP contribution in [0, 0.1) is 13.8 Å². The van der Waals surface area contributed by atoms with Gasteiger partial charge in [-0.05, 0) is 37.9 Å². The molecule has 4 nitrogen and oxygen atoms in total. The van der Waals surface area contributed by atoms with Gasteiger partial charge in [0.15, 0.2) is 6.29 Å². The van der Waals surface area contributed by atoms with Gasteiger partial charge in [-0.25, -0.2) is 0 Å². The molecule has 1 N–H and O–H groups in total. The molecule has 1 atom stereocenters. The van der Waals surface area contributed by atoms with Crippen molar-refractivity contribution in [2.24, 2.45) is 0 Å². The minimum Gasteiger partial charge on any atom is -0.496 e. The van der Waals surface area contributed by atoms with E-state index in [1.165, 1.54) is 5.56 Å². The van der Waals surface area contributed by atoms with Crippen molar-refractivity contribution in [1.29, 1.82) is 0 Å². The fraction of sp³-hybridized carbons (Fsp3) is 0.625. The van der Waals surface area contributed by atoms with Crippen molar-refractivity contribution in [3.63, 3.8) is 0 Å². The van der Waals surface area contributed by atoms with Crippen LogP contribution in [-0.4, -0.2) is 34.2 Å². The number of aryl methyl sites for hydroxylation is 1. The summed E-state index contributed by atoms with van der Waals surface area (Å²) in [6, 6.07) is 4.13. The van der Waals surface area contributed by atoms with Crippen LogP contribution in [0.5, 0.6) is 5.75 Å². The number of ether oxygens (including phenoxy) is 3. The number of methoxy groups -OCH3 is 3. The molecule has 0 radical (unpaired) electrons. The normalized spacial score (nSPS) is 12.8. The maximum absolute atomic E-state index is 5.61. The van der Waals surface area contributed by atoms with Gasteiger partial charge in [0.2, 0.25) is 0 Å². The van der Waals surface area contributed by atoms with Crippen LogP contribution >= 0.6 is 0 Å². The van der Waals surface area contributed by atoms with Crippen LogP contribution < -0.4 is 10.1 Å². The molecule has 0 amide bonds. The van der Waals surface area contributed by atoms with Gasteiger partial charge in [0.05, 0.1) is 13.2 Å². The van der Waals surface area contributed by atoms with Crippen molar-refractivity contribution in [3.8, 4) is 5.75 Å². The third kappa shape index (κ3) is 3.72. The van der Waals surface area contributed by atoms with Gasteiger partial charge in [-0.1, -0.05) is 19.1 Å². The third-order valence-corrected chi connectivity index (χ3v) is 3.60. The van der Waals surface area contributed by atoms with E-state index in [2.05, 4.69) is 38.2 Å². The first-order valence-corrected chi connectivity index (χ1v) is 7.03. The zero-order chi connectivity index (χ0) is 15.1. The van der Waals surface area contributed by atoms with E-state index < -0.39 is 0 Å². The molecular formula is C16H27NO3.